The molecule has 2 fully saturated rings. The molecule has 1 saturated carbocycles. The number of aryl methyl sites for hydroxylation is 2. The summed E-state index contributed by atoms with van der Waals surface area (Å²) in [6.07, 6.45) is 2.67. The van der Waals surface area contributed by atoms with E-state index in [9.17, 15) is 12.8 Å². The molecule has 3 aromatic rings. The zero-order chi connectivity index (χ0) is 18.2. The molecule has 0 spiro atoms. The van der Waals surface area contributed by atoms with Crippen LogP contribution in [0.5, 0.6) is 0 Å². The fourth-order valence-corrected chi connectivity index (χ4v) is 5.49. The lowest BCUT2D eigenvalue weighted by atomic mass is 10.0. The molecule has 2 aromatic heterocycles. The molecular formula is C17H18FN5O2S. The third-order valence-corrected chi connectivity index (χ3v) is 7.18. The molecule has 7 nitrogen and oxygen atoms in total. The zero-order valence-electron chi connectivity index (χ0n) is 14.4. The van der Waals surface area contributed by atoms with Crippen LogP contribution in [-0.4, -0.2) is 45.6 Å². The second kappa shape index (κ2) is 5.14. The van der Waals surface area contributed by atoms with Crippen LogP contribution in [0, 0.1) is 24.6 Å². The molecule has 1 aromatic carbocycles. The summed E-state index contributed by atoms with van der Waals surface area (Å²) in [6.45, 7) is 2.88. The molecule has 5 rings (SSSR count). The summed E-state index contributed by atoms with van der Waals surface area (Å²) in [4.78, 5) is 7.03. The topological polar surface area (TPSA) is 83.9 Å². The molecule has 136 valence electrons. The molecule has 26 heavy (non-hydrogen) atoms. The summed E-state index contributed by atoms with van der Waals surface area (Å²) in [7, 11) is -1.91. The predicted octanol–water partition coefficient (Wildman–Crippen LogP) is 2.05. The molecule has 9 heteroatoms. The van der Waals surface area contributed by atoms with Crippen LogP contribution in [0.15, 0.2) is 23.5 Å². The third kappa shape index (κ3) is 2.23. The second-order valence-corrected chi connectivity index (χ2v) is 9.20. The summed E-state index contributed by atoms with van der Waals surface area (Å²) in [5.74, 6) is 0.936. The van der Waals surface area contributed by atoms with Crippen molar-refractivity contribution < 1.29 is 12.8 Å². The fraction of sp³-hybridized carbons (Fsp3) is 0.412. The number of H-pyrrole nitrogens is 1. The average Bonchev–Trinajstić information content (AvgIpc) is 3.00. The second-order valence-electron chi connectivity index (χ2n) is 7.29. The number of fused-ring (bicyclic) bond motifs is 2. The molecular weight excluding hydrogens is 357 g/mol. The van der Waals surface area contributed by atoms with Crippen molar-refractivity contribution in [2.24, 2.45) is 18.9 Å². The van der Waals surface area contributed by atoms with E-state index in [0.29, 0.717) is 47.3 Å². The number of piperidine rings is 1. The Morgan fingerprint density at radius 1 is 1.27 bits per heavy atom. The van der Waals surface area contributed by atoms with Crippen LogP contribution in [-0.2, 0) is 17.1 Å². The van der Waals surface area contributed by atoms with Gasteiger partial charge in [-0.25, -0.2) is 17.8 Å². The molecule has 0 bridgehead atoms. The highest BCUT2D eigenvalue weighted by Crippen LogP contribution is 2.46. The average molecular weight is 375 g/mol. The molecule has 1 N–H and O–H groups in total. The lowest BCUT2D eigenvalue weighted by molar-refractivity contribution is 0.441. The van der Waals surface area contributed by atoms with Crippen molar-refractivity contribution >= 4 is 20.9 Å². The van der Waals surface area contributed by atoms with Crippen LogP contribution < -0.4 is 0 Å². The summed E-state index contributed by atoms with van der Waals surface area (Å²) in [6, 6.07) is 2.89. The van der Waals surface area contributed by atoms with Crippen molar-refractivity contribution in [1.29, 1.82) is 0 Å². The van der Waals surface area contributed by atoms with E-state index in [1.807, 2.05) is 0 Å². The van der Waals surface area contributed by atoms with Crippen molar-refractivity contribution in [2.45, 2.75) is 18.4 Å². The van der Waals surface area contributed by atoms with E-state index in [1.165, 1.54) is 16.4 Å². The molecule has 2 aliphatic rings. The first kappa shape index (κ1) is 16.0. The summed E-state index contributed by atoms with van der Waals surface area (Å²) >= 11 is 0. The number of hydrogen-bond acceptors (Lipinski definition) is 4. The van der Waals surface area contributed by atoms with Gasteiger partial charge in [-0.05, 0) is 42.9 Å². The molecule has 0 amide bonds. The van der Waals surface area contributed by atoms with Gasteiger partial charge < -0.3 is 4.98 Å². The first-order chi connectivity index (χ1) is 12.3. The van der Waals surface area contributed by atoms with Gasteiger partial charge in [0.1, 0.15) is 17.2 Å². The van der Waals surface area contributed by atoms with E-state index >= 15 is 0 Å². The van der Waals surface area contributed by atoms with Crippen LogP contribution >= 0.6 is 0 Å². The van der Waals surface area contributed by atoms with E-state index in [-0.39, 0.29) is 10.5 Å². The predicted molar refractivity (Wildman–Crippen MR) is 93.3 cm³/mol. The maximum atomic E-state index is 14.5. The van der Waals surface area contributed by atoms with Gasteiger partial charge in [0.15, 0.2) is 5.82 Å². The molecule has 1 saturated heterocycles. The van der Waals surface area contributed by atoms with Gasteiger partial charge in [0.05, 0.1) is 5.52 Å². The Kier molecular flexibility index (Phi) is 3.15. The minimum absolute atomic E-state index is 0.0236. The maximum absolute atomic E-state index is 14.5. The molecule has 1 aliphatic heterocycles. The molecule has 0 radical (unpaired) electrons. The number of hydrogen-bond donors (Lipinski definition) is 1. The van der Waals surface area contributed by atoms with E-state index in [1.54, 1.807) is 25.0 Å². The van der Waals surface area contributed by atoms with Gasteiger partial charge in [-0.15, -0.1) is 0 Å². The number of benzene rings is 1. The van der Waals surface area contributed by atoms with Gasteiger partial charge in [-0.1, -0.05) is 0 Å². The Balaban J connectivity index is 1.68. The lowest BCUT2D eigenvalue weighted by Crippen LogP contribution is -2.30. The number of rotatable bonds is 3. The zero-order valence-corrected chi connectivity index (χ0v) is 15.2. The summed E-state index contributed by atoms with van der Waals surface area (Å²) < 4.78 is 43.5. The van der Waals surface area contributed by atoms with Crippen molar-refractivity contribution in [2.75, 3.05) is 13.1 Å². The minimum Gasteiger partial charge on any atom is -0.342 e. The van der Waals surface area contributed by atoms with Gasteiger partial charge in [-0.2, -0.15) is 9.40 Å². The van der Waals surface area contributed by atoms with E-state index in [2.05, 4.69) is 15.1 Å². The maximum Gasteiger partial charge on any atom is 0.258 e. The van der Waals surface area contributed by atoms with E-state index in [4.69, 9.17) is 0 Å². The Bertz CT molecular complexity index is 1140. The Morgan fingerprint density at radius 3 is 2.65 bits per heavy atom. The SMILES string of the molecule is Cc1cc(F)c2[nH]c(S(=O)(=O)N3CC4CC4C3)cc2c1-c1ncn(C)n1. The number of aromatic nitrogens is 4. The van der Waals surface area contributed by atoms with Gasteiger partial charge in [-0.3, -0.25) is 4.68 Å². The number of halogens is 1. The van der Waals surface area contributed by atoms with Crippen LogP contribution in [0.25, 0.3) is 22.3 Å². The highest BCUT2D eigenvalue weighted by Gasteiger charge is 2.49. The third-order valence-electron chi connectivity index (χ3n) is 5.43. The van der Waals surface area contributed by atoms with Crippen molar-refractivity contribution in [3.05, 3.63) is 29.8 Å². The van der Waals surface area contributed by atoms with E-state index in [0.717, 1.165) is 6.42 Å². The number of sulfonamides is 1. The first-order valence-electron chi connectivity index (χ1n) is 8.52. The Hall–Kier alpha value is -2.26. The van der Waals surface area contributed by atoms with Crippen LogP contribution in [0.1, 0.15) is 12.0 Å². The van der Waals surface area contributed by atoms with Crippen LogP contribution in [0.3, 0.4) is 0 Å². The lowest BCUT2D eigenvalue weighted by Gasteiger charge is -2.16. The molecule has 2 atom stereocenters. The molecule has 1 aliphatic carbocycles. The van der Waals surface area contributed by atoms with Gasteiger partial charge in [0.25, 0.3) is 10.0 Å². The Labute approximate surface area is 149 Å². The van der Waals surface area contributed by atoms with Crippen molar-refractivity contribution in [3.8, 4) is 11.4 Å². The smallest absolute Gasteiger partial charge is 0.258 e. The standard InChI is InChI=1S/C17H18FN5O2S/c1-9-3-13(18)16-12(15(9)17-19-8-22(2)21-17)5-14(20-16)26(24,25)23-6-10-4-11(10)7-23/h3,5,8,10-11,20H,4,6-7H2,1-2H3. The highest BCUT2D eigenvalue weighted by molar-refractivity contribution is 7.89. The van der Waals surface area contributed by atoms with Gasteiger partial charge in [0, 0.05) is 31.1 Å². The monoisotopic (exact) mass is 375 g/mol. The van der Waals surface area contributed by atoms with Gasteiger partial charge >= 0.3 is 0 Å². The summed E-state index contributed by atoms with van der Waals surface area (Å²) in [5.41, 5.74) is 1.47. The van der Waals surface area contributed by atoms with Gasteiger partial charge in [0.2, 0.25) is 0 Å². The number of nitrogens with zero attached hydrogens (tertiary/aromatic N) is 4. The Morgan fingerprint density at radius 2 is 2.00 bits per heavy atom. The highest BCUT2D eigenvalue weighted by atomic mass is 32.2. The van der Waals surface area contributed by atoms with Crippen molar-refractivity contribution in [1.82, 2.24) is 24.1 Å². The first-order valence-corrected chi connectivity index (χ1v) is 9.96. The number of nitrogens with one attached hydrogen (secondary N) is 1. The van der Waals surface area contributed by atoms with Crippen LogP contribution in [0.4, 0.5) is 4.39 Å². The molecule has 2 unspecified atom stereocenters. The van der Waals surface area contributed by atoms with Crippen LogP contribution in [0.2, 0.25) is 0 Å². The molecule has 3 heterocycles. The van der Waals surface area contributed by atoms with Crippen molar-refractivity contribution in [3.63, 3.8) is 0 Å². The largest absolute Gasteiger partial charge is 0.342 e. The minimum atomic E-state index is -3.66. The quantitative estimate of drug-likeness (QED) is 0.759. The summed E-state index contributed by atoms with van der Waals surface area (Å²) in [5, 5.41) is 4.80. The fourth-order valence-electron chi connectivity index (χ4n) is 3.94. The number of aromatic amines is 1. The van der Waals surface area contributed by atoms with E-state index < -0.39 is 15.8 Å². The normalized spacial score (nSPS) is 22.9.